The van der Waals surface area contributed by atoms with E-state index in [9.17, 15) is 13.2 Å². The quantitative estimate of drug-likeness (QED) is 0.661. The fourth-order valence-corrected chi connectivity index (χ4v) is 6.12. The van der Waals surface area contributed by atoms with Crippen LogP contribution in [0.3, 0.4) is 0 Å². The van der Waals surface area contributed by atoms with Crippen LogP contribution in [0.25, 0.3) is 0 Å². The topological polar surface area (TPSA) is 66.9 Å². The molecule has 2 aliphatic heterocycles. The van der Waals surface area contributed by atoms with Crippen LogP contribution >= 0.6 is 0 Å². The molecule has 0 saturated carbocycles. The number of sulfonamides is 1. The molecule has 0 N–H and O–H groups in total. The highest BCUT2D eigenvalue weighted by Crippen LogP contribution is 2.28. The van der Waals surface area contributed by atoms with Crippen molar-refractivity contribution in [2.24, 2.45) is 0 Å². The van der Waals surface area contributed by atoms with Gasteiger partial charge in [0.2, 0.25) is 15.9 Å². The van der Waals surface area contributed by atoms with E-state index in [0.717, 1.165) is 19.3 Å². The summed E-state index contributed by atoms with van der Waals surface area (Å²) in [6.07, 6.45) is 3.91. The first-order chi connectivity index (χ1) is 15.1. The lowest BCUT2D eigenvalue weighted by molar-refractivity contribution is -0.137. The van der Waals surface area contributed by atoms with Crippen molar-refractivity contribution in [2.75, 3.05) is 26.2 Å². The summed E-state index contributed by atoms with van der Waals surface area (Å²) in [4.78, 5) is 15.2. The predicted octanol–water partition coefficient (Wildman–Crippen LogP) is 3.09. The van der Waals surface area contributed by atoms with Crippen LogP contribution in [0.2, 0.25) is 0 Å². The van der Waals surface area contributed by atoms with Gasteiger partial charge in [0.1, 0.15) is 6.04 Å². The van der Waals surface area contributed by atoms with Crippen molar-refractivity contribution in [3.05, 3.63) is 66.2 Å². The molecule has 0 spiro atoms. The maximum absolute atomic E-state index is 13.2. The average molecular weight is 443 g/mol. The van der Waals surface area contributed by atoms with Crippen molar-refractivity contribution in [2.45, 2.75) is 49.1 Å². The third-order valence-electron chi connectivity index (χ3n) is 6.18. The first-order valence-corrected chi connectivity index (χ1v) is 12.5. The van der Waals surface area contributed by atoms with Crippen molar-refractivity contribution in [1.82, 2.24) is 9.21 Å². The van der Waals surface area contributed by atoms with E-state index in [-0.39, 0.29) is 16.9 Å². The molecule has 0 aromatic heterocycles. The van der Waals surface area contributed by atoms with Gasteiger partial charge in [-0.15, -0.1) is 0 Å². The monoisotopic (exact) mass is 442 g/mol. The number of hydrogen-bond acceptors (Lipinski definition) is 4. The lowest BCUT2D eigenvalue weighted by atomic mass is 10.1. The van der Waals surface area contributed by atoms with Crippen LogP contribution in [0, 0.1) is 0 Å². The maximum atomic E-state index is 13.2. The normalized spacial score (nSPS) is 20.8. The van der Waals surface area contributed by atoms with E-state index < -0.39 is 16.1 Å². The van der Waals surface area contributed by atoms with Gasteiger partial charge >= 0.3 is 0 Å². The molecular weight excluding hydrogens is 412 g/mol. The summed E-state index contributed by atoms with van der Waals surface area (Å²) >= 11 is 0. The van der Waals surface area contributed by atoms with Crippen molar-refractivity contribution in [1.29, 1.82) is 0 Å². The molecule has 6 nitrogen and oxygen atoms in total. The molecule has 4 rings (SSSR count). The number of amides is 1. The van der Waals surface area contributed by atoms with Crippen LogP contribution in [-0.4, -0.2) is 61.9 Å². The minimum atomic E-state index is -3.66. The Morgan fingerprint density at radius 2 is 1.55 bits per heavy atom. The summed E-state index contributed by atoms with van der Waals surface area (Å²) in [6, 6.07) is 18.1. The zero-order valence-electron chi connectivity index (χ0n) is 17.7. The van der Waals surface area contributed by atoms with Crippen molar-refractivity contribution < 1.29 is 17.9 Å². The zero-order chi connectivity index (χ0) is 21.7. The molecular formula is C24H30N2O4S. The summed E-state index contributed by atoms with van der Waals surface area (Å²) in [6.45, 7) is 2.30. The van der Waals surface area contributed by atoms with Gasteiger partial charge in [0.05, 0.1) is 17.6 Å². The van der Waals surface area contributed by atoms with E-state index in [1.165, 1.54) is 9.87 Å². The molecule has 0 aliphatic carbocycles. The largest absolute Gasteiger partial charge is 0.378 e. The summed E-state index contributed by atoms with van der Waals surface area (Å²) in [5.41, 5.74) is 1.26. The number of ether oxygens (including phenoxy) is 1. The van der Waals surface area contributed by atoms with Crippen molar-refractivity contribution >= 4 is 15.9 Å². The van der Waals surface area contributed by atoms with Crippen LogP contribution < -0.4 is 0 Å². The lowest BCUT2D eigenvalue weighted by Crippen LogP contribution is -2.50. The Morgan fingerprint density at radius 1 is 0.903 bits per heavy atom. The number of likely N-dealkylation sites (tertiary alicyclic amines) is 1. The standard InChI is InChI=1S/C24H30N2O4S/c27-24(23-12-7-16-26(23)31(28,29)22-10-5-2-6-11-22)25-17-13-21(14-18-25)30-19-15-20-8-3-1-4-9-20/h1-6,8-11,21,23H,7,12-19H2. The van der Waals surface area contributed by atoms with Crippen LogP contribution in [0.1, 0.15) is 31.2 Å². The molecule has 7 heteroatoms. The maximum Gasteiger partial charge on any atom is 0.243 e. The van der Waals surface area contributed by atoms with Gasteiger partial charge in [-0.05, 0) is 49.8 Å². The molecule has 2 aliphatic rings. The van der Waals surface area contributed by atoms with E-state index in [0.29, 0.717) is 39.1 Å². The average Bonchev–Trinajstić information content (AvgIpc) is 3.31. The predicted molar refractivity (Wildman–Crippen MR) is 119 cm³/mol. The summed E-state index contributed by atoms with van der Waals surface area (Å²) < 4.78 is 33.5. The van der Waals surface area contributed by atoms with Crippen LogP contribution in [0.15, 0.2) is 65.6 Å². The number of nitrogens with zero attached hydrogens (tertiary/aromatic N) is 2. The van der Waals surface area contributed by atoms with E-state index in [1.807, 2.05) is 23.1 Å². The minimum Gasteiger partial charge on any atom is -0.378 e. The van der Waals surface area contributed by atoms with Gasteiger partial charge in [-0.3, -0.25) is 4.79 Å². The summed E-state index contributed by atoms with van der Waals surface area (Å²) in [7, 11) is -3.66. The second-order valence-corrected chi connectivity index (χ2v) is 10.1. The van der Waals surface area contributed by atoms with Gasteiger partial charge in [0.15, 0.2) is 0 Å². The fourth-order valence-electron chi connectivity index (χ4n) is 4.44. The number of benzene rings is 2. The van der Waals surface area contributed by atoms with Gasteiger partial charge in [-0.2, -0.15) is 4.31 Å². The molecule has 166 valence electrons. The fraction of sp³-hybridized carbons (Fsp3) is 0.458. The van der Waals surface area contributed by atoms with Crippen LogP contribution in [-0.2, 0) is 26.0 Å². The van der Waals surface area contributed by atoms with Gasteiger partial charge in [-0.25, -0.2) is 8.42 Å². The minimum absolute atomic E-state index is 0.0697. The van der Waals surface area contributed by atoms with Crippen molar-refractivity contribution in [3.63, 3.8) is 0 Å². The van der Waals surface area contributed by atoms with Gasteiger partial charge < -0.3 is 9.64 Å². The third-order valence-corrected chi connectivity index (χ3v) is 8.10. The Morgan fingerprint density at radius 3 is 2.23 bits per heavy atom. The summed E-state index contributed by atoms with van der Waals surface area (Å²) in [5.74, 6) is -0.0697. The molecule has 0 radical (unpaired) electrons. The molecule has 2 heterocycles. The van der Waals surface area contributed by atoms with E-state index >= 15 is 0 Å². The highest BCUT2D eigenvalue weighted by atomic mass is 32.2. The highest BCUT2D eigenvalue weighted by molar-refractivity contribution is 7.89. The Kier molecular flexibility index (Phi) is 7.05. The SMILES string of the molecule is O=C(C1CCCN1S(=O)(=O)c1ccccc1)N1CCC(OCCc2ccccc2)CC1. The number of piperidine rings is 1. The first-order valence-electron chi connectivity index (χ1n) is 11.1. The van der Waals surface area contributed by atoms with Gasteiger partial charge in [0.25, 0.3) is 0 Å². The second kappa shape index (κ2) is 9.94. The molecule has 0 bridgehead atoms. The Bertz CT molecular complexity index is 958. The molecule has 1 amide bonds. The molecule has 31 heavy (non-hydrogen) atoms. The third kappa shape index (κ3) is 5.17. The molecule has 2 aromatic carbocycles. The van der Waals surface area contributed by atoms with E-state index in [2.05, 4.69) is 12.1 Å². The van der Waals surface area contributed by atoms with Gasteiger partial charge in [-0.1, -0.05) is 48.5 Å². The Hall–Kier alpha value is -2.22. The number of hydrogen-bond donors (Lipinski definition) is 0. The molecule has 1 atom stereocenters. The summed E-state index contributed by atoms with van der Waals surface area (Å²) in [5, 5.41) is 0. The Balaban J connectivity index is 1.30. The zero-order valence-corrected chi connectivity index (χ0v) is 18.5. The van der Waals surface area contributed by atoms with E-state index in [1.54, 1.807) is 30.3 Å². The number of rotatable bonds is 7. The smallest absolute Gasteiger partial charge is 0.243 e. The van der Waals surface area contributed by atoms with Crippen LogP contribution in [0.5, 0.6) is 0 Å². The molecule has 1 unspecified atom stereocenters. The van der Waals surface area contributed by atoms with E-state index in [4.69, 9.17) is 4.74 Å². The second-order valence-electron chi connectivity index (χ2n) is 8.22. The van der Waals surface area contributed by atoms with Gasteiger partial charge in [0, 0.05) is 19.6 Å². The Labute approximate surface area is 184 Å². The number of carbonyl (C=O) groups is 1. The number of carbonyl (C=O) groups excluding carboxylic acids is 1. The first kappa shape index (κ1) is 22.0. The molecule has 2 aromatic rings. The molecule has 2 fully saturated rings. The van der Waals surface area contributed by atoms with Crippen molar-refractivity contribution in [3.8, 4) is 0 Å². The lowest BCUT2D eigenvalue weighted by Gasteiger charge is -2.35. The molecule has 2 saturated heterocycles. The highest BCUT2D eigenvalue weighted by Gasteiger charge is 2.41. The van der Waals surface area contributed by atoms with Crippen LogP contribution in [0.4, 0.5) is 0 Å².